The van der Waals surface area contributed by atoms with E-state index >= 15 is 0 Å². The monoisotopic (exact) mass is 394 g/mol. The van der Waals surface area contributed by atoms with E-state index < -0.39 is 21.7 Å². The second-order valence-electron chi connectivity index (χ2n) is 7.46. The van der Waals surface area contributed by atoms with E-state index in [2.05, 4.69) is 5.32 Å². The first-order valence-corrected chi connectivity index (χ1v) is 9.87. The SMILES string of the molecule is Cc1cc([C@H]2[C@H](C(=O)Nc3ccc(F)c(F)c3)C2(C)C)ccc1S(N)(=O)=O. The summed E-state index contributed by atoms with van der Waals surface area (Å²) in [7, 11) is -3.81. The van der Waals surface area contributed by atoms with Crippen molar-refractivity contribution >= 4 is 21.6 Å². The molecular weight excluding hydrogens is 374 g/mol. The van der Waals surface area contributed by atoms with Crippen LogP contribution in [0.1, 0.15) is 30.9 Å². The van der Waals surface area contributed by atoms with Gasteiger partial charge in [-0.05, 0) is 41.7 Å². The lowest BCUT2D eigenvalue weighted by molar-refractivity contribution is -0.118. The largest absolute Gasteiger partial charge is 0.326 e. The number of anilines is 1. The minimum absolute atomic E-state index is 0.0486. The van der Waals surface area contributed by atoms with Crippen molar-refractivity contribution in [2.75, 3.05) is 5.32 Å². The molecule has 1 aliphatic carbocycles. The average molecular weight is 394 g/mol. The van der Waals surface area contributed by atoms with Crippen LogP contribution in [-0.4, -0.2) is 14.3 Å². The molecule has 0 spiro atoms. The third kappa shape index (κ3) is 3.59. The highest BCUT2D eigenvalue weighted by atomic mass is 32.2. The standard InChI is InChI=1S/C19H20F2N2O3S/c1-10-8-11(4-7-15(10)27(22,25)26)16-17(19(16,2)3)18(24)23-12-5-6-13(20)14(21)9-12/h4-9,16-17H,1-3H3,(H,23,24)(H2,22,25,26)/t16-,17+/m0/s1. The summed E-state index contributed by atoms with van der Waals surface area (Å²) in [6, 6.07) is 8.00. The number of carbonyl (C=O) groups is 1. The lowest BCUT2D eigenvalue weighted by Gasteiger charge is -2.08. The first-order chi connectivity index (χ1) is 12.4. The predicted octanol–water partition coefficient (Wildman–Crippen LogP) is 3.30. The normalized spacial score (nSPS) is 21.0. The minimum atomic E-state index is -3.81. The molecule has 1 fully saturated rings. The summed E-state index contributed by atoms with van der Waals surface area (Å²) in [4.78, 5) is 12.7. The van der Waals surface area contributed by atoms with Crippen molar-refractivity contribution in [2.45, 2.75) is 31.6 Å². The van der Waals surface area contributed by atoms with Crippen molar-refractivity contribution in [3.8, 4) is 0 Å². The molecule has 3 rings (SSSR count). The number of aryl methyl sites for hydroxylation is 1. The van der Waals surface area contributed by atoms with Crippen LogP contribution in [0.25, 0.3) is 0 Å². The van der Waals surface area contributed by atoms with E-state index in [0.717, 1.165) is 17.7 Å². The van der Waals surface area contributed by atoms with Gasteiger partial charge in [-0.3, -0.25) is 4.79 Å². The fourth-order valence-electron chi connectivity index (χ4n) is 3.73. The van der Waals surface area contributed by atoms with E-state index in [1.54, 1.807) is 19.1 Å². The van der Waals surface area contributed by atoms with Crippen LogP contribution in [0.4, 0.5) is 14.5 Å². The van der Waals surface area contributed by atoms with Crippen LogP contribution in [0.2, 0.25) is 0 Å². The van der Waals surface area contributed by atoms with E-state index in [1.165, 1.54) is 12.1 Å². The van der Waals surface area contributed by atoms with E-state index in [0.29, 0.717) is 5.56 Å². The number of carbonyl (C=O) groups excluding carboxylic acids is 1. The molecule has 0 saturated heterocycles. The molecule has 0 bridgehead atoms. The molecule has 1 aliphatic rings. The maximum absolute atomic E-state index is 13.3. The third-order valence-corrected chi connectivity index (χ3v) is 6.23. The van der Waals surface area contributed by atoms with Gasteiger partial charge in [0, 0.05) is 17.7 Å². The molecule has 27 heavy (non-hydrogen) atoms. The van der Waals surface area contributed by atoms with Crippen LogP contribution in [0, 0.1) is 29.9 Å². The van der Waals surface area contributed by atoms with Gasteiger partial charge < -0.3 is 5.32 Å². The Hall–Kier alpha value is -2.32. The number of nitrogens with two attached hydrogens (primary N) is 1. The lowest BCUT2D eigenvalue weighted by Crippen LogP contribution is -2.17. The van der Waals surface area contributed by atoms with Crippen molar-refractivity contribution in [3.05, 3.63) is 59.2 Å². The van der Waals surface area contributed by atoms with Crippen LogP contribution in [0.3, 0.4) is 0 Å². The number of nitrogens with one attached hydrogen (secondary N) is 1. The van der Waals surface area contributed by atoms with Crippen molar-refractivity contribution in [1.29, 1.82) is 0 Å². The molecule has 8 heteroatoms. The van der Waals surface area contributed by atoms with Gasteiger partial charge in [-0.15, -0.1) is 0 Å². The average Bonchev–Trinajstić information content (AvgIpc) is 3.12. The van der Waals surface area contributed by atoms with Gasteiger partial charge in [0.2, 0.25) is 15.9 Å². The minimum Gasteiger partial charge on any atom is -0.326 e. The summed E-state index contributed by atoms with van der Waals surface area (Å²) in [5, 5.41) is 7.80. The summed E-state index contributed by atoms with van der Waals surface area (Å²) >= 11 is 0. The maximum Gasteiger partial charge on any atom is 0.238 e. The number of benzene rings is 2. The molecule has 2 aromatic rings. The highest BCUT2D eigenvalue weighted by Crippen LogP contribution is 2.64. The quantitative estimate of drug-likeness (QED) is 0.834. The number of rotatable bonds is 4. The number of hydrogen-bond donors (Lipinski definition) is 2. The molecule has 144 valence electrons. The predicted molar refractivity (Wildman–Crippen MR) is 97.6 cm³/mol. The van der Waals surface area contributed by atoms with Crippen molar-refractivity contribution in [2.24, 2.45) is 16.5 Å². The Balaban J connectivity index is 1.83. The highest BCUT2D eigenvalue weighted by Gasteiger charge is 2.62. The number of amides is 1. The summed E-state index contributed by atoms with van der Waals surface area (Å²) in [6.07, 6.45) is 0. The molecule has 2 atom stereocenters. The molecular formula is C19H20F2N2O3S. The molecule has 0 aliphatic heterocycles. The zero-order valence-corrected chi connectivity index (χ0v) is 15.9. The molecule has 5 nitrogen and oxygen atoms in total. The first kappa shape index (κ1) is 19.4. The summed E-state index contributed by atoms with van der Waals surface area (Å²) < 4.78 is 49.5. The summed E-state index contributed by atoms with van der Waals surface area (Å²) in [5.41, 5.74) is 1.16. The van der Waals surface area contributed by atoms with Gasteiger partial charge >= 0.3 is 0 Å². The summed E-state index contributed by atoms with van der Waals surface area (Å²) in [5.74, 6) is -2.83. The second kappa shape index (κ2) is 6.38. The van der Waals surface area contributed by atoms with Gasteiger partial charge in [-0.25, -0.2) is 22.3 Å². The van der Waals surface area contributed by atoms with Crippen molar-refractivity contribution in [3.63, 3.8) is 0 Å². The molecule has 3 N–H and O–H groups in total. The Morgan fingerprint density at radius 3 is 2.33 bits per heavy atom. The van der Waals surface area contributed by atoms with E-state index in [9.17, 15) is 22.0 Å². The van der Waals surface area contributed by atoms with Crippen LogP contribution in [0.5, 0.6) is 0 Å². The zero-order valence-electron chi connectivity index (χ0n) is 15.1. The molecule has 0 unspecified atom stereocenters. The molecule has 0 radical (unpaired) electrons. The molecule has 1 amide bonds. The smallest absolute Gasteiger partial charge is 0.238 e. The van der Waals surface area contributed by atoms with E-state index in [4.69, 9.17) is 5.14 Å². The van der Waals surface area contributed by atoms with Crippen LogP contribution < -0.4 is 10.5 Å². The van der Waals surface area contributed by atoms with Crippen LogP contribution in [0.15, 0.2) is 41.3 Å². The second-order valence-corrected chi connectivity index (χ2v) is 8.99. The number of hydrogen-bond acceptors (Lipinski definition) is 3. The number of halogens is 2. The van der Waals surface area contributed by atoms with E-state index in [-0.39, 0.29) is 33.7 Å². The van der Waals surface area contributed by atoms with Gasteiger partial charge in [0.25, 0.3) is 0 Å². The third-order valence-electron chi connectivity index (χ3n) is 5.16. The Morgan fingerprint density at radius 1 is 1.11 bits per heavy atom. The molecule has 0 aromatic heterocycles. The topological polar surface area (TPSA) is 89.3 Å². The van der Waals surface area contributed by atoms with Gasteiger partial charge in [0.05, 0.1) is 10.8 Å². The zero-order chi connectivity index (χ0) is 20.1. The first-order valence-electron chi connectivity index (χ1n) is 8.32. The van der Waals surface area contributed by atoms with Crippen molar-refractivity contribution < 1.29 is 22.0 Å². The Morgan fingerprint density at radius 2 is 1.78 bits per heavy atom. The number of sulfonamides is 1. The Kier molecular flexibility index (Phi) is 4.60. The van der Waals surface area contributed by atoms with Gasteiger partial charge in [0.1, 0.15) is 0 Å². The molecule has 1 saturated carbocycles. The van der Waals surface area contributed by atoms with Crippen molar-refractivity contribution in [1.82, 2.24) is 0 Å². The summed E-state index contributed by atoms with van der Waals surface area (Å²) in [6.45, 7) is 5.50. The van der Waals surface area contributed by atoms with Gasteiger partial charge in [-0.1, -0.05) is 26.0 Å². The van der Waals surface area contributed by atoms with Crippen LogP contribution in [-0.2, 0) is 14.8 Å². The highest BCUT2D eigenvalue weighted by molar-refractivity contribution is 7.89. The molecule has 2 aromatic carbocycles. The molecule has 0 heterocycles. The van der Waals surface area contributed by atoms with Gasteiger partial charge in [0.15, 0.2) is 11.6 Å². The maximum atomic E-state index is 13.3. The van der Waals surface area contributed by atoms with Gasteiger partial charge in [-0.2, -0.15) is 0 Å². The fourth-order valence-corrected chi connectivity index (χ4v) is 4.49. The number of primary sulfonamides is 1. The van der Waals surface area contributed by atoms with E-state index in [1.807, 2.05) is 13.8 Å². The lowest BCUT2D eigenvalue weighted by atomic mass is 10.0. The van der Waals surface area contributed by atoms with Crippen LogP contribution >= 0.6 is 0 Å². The Labute approximate surface area is 156 Å². The Bertz CT molecular complexity index is 1040. The fraction of sp³-hybridized carbons (Fsp3) is 0.316.